The minimum absolute atomic E-state index is 0.0351. The molecule has 2 unspecified atom stereocenters. The van der Waals surface area contributed by atoms with E-state index in [4.69, 9.17) is 0 Å². The minimum atomic E-state index is -0.834. The van der Waals surface area contributed by atoms with Crippen molar-refractivity contribution >= 4 is 27.8 Å². The summed E-state index contributed by atoms with van der Waals surface area (Å²) in [6, 6.07) is 7.15. The quantitative estimate of drug-likeness (QED) is 0.929. The lowest BCUT2D eigenvalue weighted by atomic mass is 9.84. The highest BCUT2D eigenvalue weighted by Gasteiger charge is 2.39. The molecule has 1 aliphatic heterocycles. The summed E-state index contributed by atoms with van der Waals surface area (Å²) in [6.07, 6.45) is 0.725. The van der Waals surface area contributed by atoms with Crippen molar-refractivity contribution in [1.29, 1.82) is 0 Å². The second-order valence-corrected chi connectivity index (χ2v) is 5.58. The van der Waals surface area contributed by atoms with Crippen molar-refractivity contribution in [2.75, 3.05) is 6.54 Å². The van der Waals surface area contributed by atoms with Crippen LogP contribution in [0.5, 0.6) is 0 Å². The van der Waals surface area contributed by atoms with E-state index in [1.54, 1.807) is 4.90 Å². The summed E-state index contributed by atoms with van der Waals surface area (Å²) in [5.74, 6) is -1.33. The zero-order chi connectivity index (χ0) is 14.0. The number of nitrogens with zero attached hydrogens (tertiary/aromatic N) is 1. The Morgan fingerprint density at radius 3 is 2.58 bits per heavy atom. The monoisotopic (exact) mass is 325 g/mol. The van der Waals surface area contributed by atoms with E-state index in [0.29, 0.717) is 19.4 Å². The summed E-state index contributed by atoms with van der Waals surface area (Å²) in [6.45, 7) is 2.41. The number of benzene rings is 1. The predicted octanol–water partition coefficient (Wildman–Crippen LogP) is 2.83. The molecule has 1 saturated heterocycles. The Morgan fingerprint density at radius 2 is 2.05 bits per heavy atom. The van der Waals surface area contributed by atoms with Gasteiger partial charge in [-0.2, -0.15) is 0 Å². The molecule has 1 aliphatic rings. The van der Waals surface area contributed by atoms with Gasteiger partial charge >= 0.3 is 5.97 Å². The van der Waals surface area contributed by atoms with Gasteiger partial charge in [0.2, 0.25) is 5.91 Å². The smallest absolute Gasteiger partial charge is 0.308 e. The van der Waals surface area contributed by atoms with Gasteiger partial charge < -0.3 is 10.0 Å². The standard InChI is InChI=1S/C14H16BrNO3/c1-2-16-12(17)8-7-11(14(18)19)13(16)9-3-5-10(15)6-4-9/h3-6,11,13H,2,7-8H2,1H3,(H,18,19). The molecule has 19 heavy (non-hydrogen) atoms. The third-order valence-electron chi connectivity index (χ3n) is 3.58. The van der Waals surface area contributed by atoms with E-state index in [2.05, 4.69) is 15.9 Å². The number of carboxylic acid groups (broad SMARTS) is 1. The fraction of sp³-hybridized carbons (Fsp3) is 0.429. The molecule has 4 nitrogen and oxygen atoms in total. The zero-order valence-corrected chi connectivity index (χ0v) is 12.3. The number of likely N-dealkylation sites (tertiary alicyclic amines) is 1. The fourth-order valence-corrected chi connectivity index (χ4v) is 2.92. The highest BCUT2D eigenvalue weighted by atomic mass is 79.9. The lowest BCUT2D eigenvalue weighted by Gasteiger charge is -2.39. The molecular weight excluding hydrogens is 310 g/mol. The number of hydrogen-bond donors (Lipinski definition) is 1. The van der Waals surface area contributed by atoms with Crippen LogP contribution in [0.15, 0.2) is 28.7 Å². The third kappa shape index (κ3) is 2.81. The van der Waals surface area contributed by atoms with Gasteiger partial charge in [-0.25, -0.2) is 0 Å². The molecule has 102 valence electrons. The minimum Gasteiger partial charge on any atom is -0.481 e. The van der Waals surface area contributed by atoms with Gasteiger partial charge in [-0.05, 0) is 31.0 Å². The molecule has 1 heterocycles. The summed E-state index contributed by atoms with van der Waals surface area (Å²) >= 11 is 3.36. The first-order valence-electron chi connectivity index (χ1n) is 6.32. The number of carbonyl (C=O) groups is 2. The molecule has 0 bridgehead atoms. The molecule has 1 fully saturated rings. The van der Waals surface area contributed by atoms with Crippen LogP contribution in [0.3, 0.4) is 0 Å². The Hall–Kier alpha value is -1.36. The molecule has 0 saturated carbocycles. The summed E-state index contributed by atoms with van der Waals surface area (Å²) in [5.41, 5.74) is 0.880. The largest absolute Gasteiger partial charge is 0.481 e. The van der Waals surface area contributed by atoms with Crippen LogP contribution in [0.25, 0.3) is 0 Å². The van der Waals surface area contributed by atoms with Crippen LogP contribution in [0.1, 0.15) is 31.4 Å². The van der Waals surface area contributed by atoms with Crippen LogP contribution >= 0.6 is 15.9 Å². The first-order chi connectivity index (χ1) is 9.04. The number of carbonyl (C=O) groups excluding carboxylic acids is 1. The van der Waals surface area contributed by atoms with E-state index in [-0.39, 0.29) is 11.9 Å². The summed E-state index contributed by atoms with van der Waals surface area (Å²) in [4.78, 5) is 25.1. The molecule has 1 N–H and O–H groups in total. The Bertz CT molecular complexity index is 484. The van der Waals surface area contributed by atoms with Crippen molar-refractivity contribution in [1.82, 2.24) is 4.90 Å². The van der Waals surface area contributed by atoms with Crippen LogP contribution < -0.4 is 0 Å². The Morgan fingerprint density at radius 1 is 1.42 bits per heavy atom. The summed E-state index contributed by atoms with van der Waals surface area (Å²) in [5, 5.41) is 9.38. The van der Waals surface area contributed by atoms with Gasteiger partial charge in [0.1, 0.15) is 0 Å². The molecule has 0 aliphatic carbocycles. The first-order valence-corrected chi connectivity index (χ1v) is 7.11. The number of carboxylic acids is 1. The number of rotatable bonds is 3. The average molecular weight is 326 g/mol. The van der Waals surface area contributed by atoms with Crippen molar-refractivity contribution < 1.29 is 14.7 Å². The number of amides is 1. The maximum atomic E-state index is 12.0. The maximum absolute atomic E-state index is 12.0. The van der Waals surface area contributed by atoms with Crippen molar-refractivity contribution in [2.24, 2.45) is 5.92 Å². The normalized spacial score (nSPS) is 23.5. The highest BCUT2D eigenvalue weighted by Crippen LogP contribution is 2.37. The van der Waals surface area contributed by atoms with Crippen LogP contribution in [-0.4, -0.2) is 28.4 Å². The van der Waals surface area contributed by atoms with Crippen LogP contribution in [0.4, 0.5) is 0 Å². The van der Waals surface area contributed by atoms with Gasteiger partial charge in [0.05, 0.1) is 12.0 Å². The molecule has 0 aromatic heterocycles. The van der Waals surface area contributed by atoms with Gasteiger partial charge in [-0.3, -0.25) is 9.59 Å². The van der Waals surface area contributed by atoms with E-state index in [1.165, 1.54) is 0 Å². The average Bonchev–Trinajstić information content (AvgIpc) is 2.39. The van der Waals surface area contributed by atoms with Crippen LogP contribution in [0, 0.1) is 5.92 Å². The van der Waals surface area contributed by atoms with E-state index in [9.17, 15) is 14.7 Å². The topological polar surface area (TPSA) is 57.6 Å². The van der Waals surface area contributed by atoms with Crippen LogP contribution in [-0.2, 0) is 9.59 Å². The molecule has 0 radical (unpaired) electrons. The molecule has 5 heteroatoms. The second-order valence-electron chi connectivity index (χ2n) is 4.66. The van der Waals surface area contributed by atoms with Gasteiger partial charge in [0, 0.05) is 17.4 Å². The molecule has 0 spiro atoms. The SMILES string of the molecule is CCN1C(=O)CCC(C(=O)O)C1c1ccc(Br)cc1. The molecule has 1 aromatic rings. The highest BCUT2D eigenvalue weighted by molar-refractivity contribution is 9.10. The molecule has 1 aromatic carbocycles. The van der Waals surface area contributed by atoms with Gasteiger partial charge in [0.15, 0.2) is 0 Å². The second kappa shape index (κ2) is 5.74. The lowest BCUT2D eigenvalue weighted by molar-refractivity contribution is -0.151. The molecule has 1 amide bonds. The van der Waals surface area contributed by atoms with Crippen LogP contribution in [0.2, 0.25) is 0 Å². The van der Waals surface area contributed by atoms with Crippen molar-refractivity contribution in [2.45, 2.75) is 25.8 Å². The van der Waals surface area contributed by atoms with E-state index in [0.717, 1.165) is 10.0 Å². The van der Waals surface area contributed by atoms with E-state index < -0.39 is 11.9 Å². The van der Waals surface area contributed by atoms with Gasteiger partial charge in [0.25, 0.3) is 0 Å². The lowest BCUT2D eigenvalue weighted by Crippen LogP contribution is -2.45. The van der Waals surface area contributed by atoms with Crippen molar-refractivity contribution in [3.05, 3.63) is 34.3 Å². The number of aliphatic carboxylic acids is 1. The maximum Gasteiger partial charge on any atom is 0.308 e. The Balaban J connectivity index is 2.40. The van der Waals surface area contributed by atoms with Crippen molar-refractivity contribution in [3.8, 4) is 0 Å². The predicted molar refractivity (Wildman–Crippen MR) is 74.6 cm³/mol. The fourth-order valence-electron chi connectivity index (χ4n) is 2.66. The third-order valence-corrected chi connectivity index (χ3v) is 4.10. The summed E-state index contributed by atoms with van der Waals surface area (Å²) in [7, 11) is 0. The van der Waals surface area contributed by atoms with Crippen molar-refractivity contribution in [3.63, 3.8) is 0 Å². The first kappa shape index (κ1) is 14.1. The van der Waals surface area contributed by atoms with Gasteiger partial charge in [-0.1, -0.05) is 28.1 Å². The number of hydrogen-bond acceptors (Lipinski definition) is 2. The molecule has 2 atom stereocenters. The molecular formula is C14H16BrNO3. The van der Waals surface area contributed by atoms with E-state index in [1.807, 2.05) is 31.2 Å². The number of piperidine rings is 1. The molecule has 2 rings (SSSR count). The number of halogens is 1. The van der Waals surface area contributed by atoms with Gasteiger partial charge in [-0.15, -0.1) is 0 Å². The zero-order valence-electron chi connectivity index (χ0n) is 10.7. The summed E-state index contributed by atoms with van der Waals surface area (Å²) < 4.78 is 0.938. The Kier molecular flexibility index (Phi) is 4.24. The Labute approximate surface area is 120 Å². The van der Waals surface area contributed by atoms with E-state index >= 15 is 0 Å².